The topological polar surface area (TPSA) is 68.9 Å². The fourth-order valence-corrected chi connectivity index (χ4v) is 4.18. The summed E-state index contributed by atoms with van der Waals surface area (Å²) in [5.41, 5.74) is 3.77. The summed E-state index contributed by atoms with van der Waals surface area (Å²) < 4.78 is 3.57. The number of hydrogen-bond donors (Lipinski definition) is 1. The Hall–Kier alpha value is -3.67. The van der Waals surface area contributed by atoms with Gasteiger partial charge in [-0.1, -0.05) is 48.5 Å². The molecule has 164 valence electrons. The van der Waals surface area contributed by atoms with Crippen LogP contribution in [0.4, 0.5) is 0 Å². The molecule has 1 N–H and O–H groups in total. The maximum atomic E-state index is 13.2. The standard InChI is InChI=1S/C26H28N4O2/c1-19-23-18-28-30(22-12-7-4-8-13-22)26(32)25(23)20(2)29(19)17-9-14-24(31)27-16-15-21-10-5-3-6-11-21/h3-8,10-13,18H,9,14-17H2,1-2H3,(H,27,31). The van der Waals surface area contributed by atoms with Crippen LogP contribution in [0.1, 0.15) is 29.8 Å². The average Bonchev–Trinajstić information content (AvgIpc) is 3.06. The van der Waals surface area contributed by atoms with Crippen molar-refractivity contribution in [1.29, 1.82) is 0 Å². The van der Waals surface area contributed by atoms with Gasteiger partial charge in [0.25, 0.3) is 5.56 Å². The number of fused-ring (bicyclic) bond motifs is 1. The summed E-state index contributed by atoms with van der Waals surface area (Å²) >= 11 is 0. The largest absolute Gasteiger partial charge is 0.356 e. The second-order valence-corrected chi connectivity index (χ2v) is 8.00. The minimum atomic E-state index is -0.119. The summed E-state index contributed by atoms with van der Waals surface area (Å²) in [6, 6.07) is 19.6. The molecule has 0 spiro atoms. The number of nitrogens with one attached hydrogen (secondary N) is 1. The van der Waals surface area contributed by atoms with Gasteiger partial charge in [0, 0.05) is 36.3 Å². The van der Waals surface area contributed by atoms with Crippen LogP contribution in [0.5, 0.6) is 0 Å². The zero-order chi connectivity index (χ0) is 22.5. The SMILES string of the molecule is Cc1c2cnn(-c3ccccc3)c(=O)c2c(C)n1CCCC(=O)NCCc1ccccc1. The Morgan fingerprint density at radius 1 is 0.969 bits per heavy atom. The van der Waals surface area contributed by atoms with E-state index in [0.29, 0.717) is 31.3 Å². The molecule has 2 aromatic heterocycles. The molecule has 0 aliphatic heterocycles. The first-order valence-electron chi connectivity index (χ1n) is 11.0. The van der Waals surface area contributed by atoms with E-state index >= 15 is 0 Å². The van der Waals surface area contributed by atoms with E-state index in [1.165, 1.54) is 10.2 Å². The van der Waals surface area contributed by atoms with Crippen molar-refractivity contribution in [1.82, 2.24) is 19.7 Å². The third-order valence-corrected chi connectivity index (χ3v) is 5.90. The smallest absolute Gasteiger partial charge is 0.281 e. The van der Waals surface area contributed by atoms with E-state index in [2.05, 4.69) is 27.1 Å². The number of carbonyl (C=O) groups is 1. The number of nitrogens with zero attached hydrogens (tertiary/aromatic N) is 3. The summed E-state index contributed by atoms with van der Waals surface area (Å²) in [6.45, 7) is 5.29. The van der Waals surface area contributed by atoms with Gasteiger partial charge < -0.3 is 9.88 Å². The summed E-state index contributed by atoms with van der Waals surface area (Å²) in [4.78, 5) is 25.4. The second kappa shape index (κ2) is 9.64. The van der Waals surface area contributed by atoms with Crippen molar-refractivity contribution < 1.29 is 4.79 Å². The van der Waals surface area contributed by atoms with E-state index in [1.807, 2.05) is 62.4 Å². The number of carbonyl (C=O) groups excluding carboxylic acids is 1. The van der Waals surface area contributed by atoms with Gasteiger partial charge in [-0.3, -0.25) is 9.59 Å². The van der Waals surface area contributed by atoms with E-state index < -0.39 is 0 Å². The summed E-state index contributed by atoms with van der Waals surface area (Å²) in [5.74, 6) is 0.0565. The van der Waals surface area contributed by atoms with Gasteiger partial charge in [0.15, 0.2) is 0 Å². The number of aromatic nitrogens is 3. The van der Waals surface area contributed by atoms with E-state index in [0.717, 1.165) is 28.9 Å². The first-order chi connectivity index (χ1) is 15.6. The summed E-state index contributed by atoms with van der Waals surface area (Å²) in [5, 5.41) is 8.94. The second-order valence-electron chi connectivity index (χ2n) is 8.00. The van der Waals surface area contributed by atoms with Crippen LogP contribution < -0.4 is 10.9 Å². The van der Waals surface area contributed by atoms with Crippen LogP contribution in [0.15, 0.2) is 71.7 Å². The lowest BCUT2D eigenvalue weighted by molar-refractivity contribution is -0.121. The minimum absolute atomic E-state index is 0.0565. The molecule has 2 heterocycles. The molecule has 0 aliphatic rings. The fraction of sp³-hybridized carbons (Fsp3) is 0.269. The molecule has 0 bridgehead atoms. The van der Waals surface area contributed by atoms with Crippen molar-refractivity contribution in [2.24, 2.45) is 0 Å². The number of hydrogen-bond acceptors (Lipinski definition) is 3. The van der Waals surface area contributed by atoms with Gasteiger partial charge >= 0.3 is 0 Å². The minimum Gasteiger partial charge on any atom is -0.356 e. The highest BCUT2D eigenvalue weighted by molar-refractivity contribution is 5.87. The molecule has 4 aromatic rings. The molecule has 0 unspecified atom stereocenters. The van der Waals surface area contributed by atoms with E-state index in [9.17, 15) is 9.59 Å². The number of aryl methyl sites for hydroxylation is 2. The van der Waals surface area contributed by atoms with Crippen LogP contribution in [0.3, 0.4) is 0 Å². The molecule has 0 saturated carbocycles. The predicted molar refractivity (Wildman–Crippen MR) is 127 cm³/mol. The first-order valence-corrected chi connectivity index (χ1v) is 11.0. The third-order valence-electron chi connectivity index (χ3n) is 5.90. The quantitative estimate of drug-likeness (QED) is 0.462. The third kappa shape index (κ3) is 4.49. The molecule has 0 atom stereocenters. The molecule has 0 aliphatic carbocycles. The van der Waals surface area contributed by atoms with Gasteiger partial charge in [0.1, 0.15) is 0 Å². The Bertz CT molecular complexity index is 1270. The lowest BCUT2D eigenvalue weighted by atomic mass is 10.1. The van der Waals surface area contributed by atoms with Crippen molar-refractivity contribution in [2.45, 2.75) is 39.7 Å². The van der Waals surface area contributed by atoms with E-state index in [4.69, 9.17) is 0 Å². The van der Waals surface area contributed by atoms with E-state index in [1.54, 1.807) is 6.20 Å². The molecule has 6 nitrogen and oxygen atoms in total. The molecule has 32 heavy (non-hydrogen) atoms. The highest BCUT2D eigenvalue weighted by atomic mass is 16.1. The van der Waals surface area contributed by atoms with Crippen LogP contribution in [0, 0.1) is 13.8 Å². The van der Waals surface area contributed by atoms with Gasteiger partial charge in [-0.25, -0.2) is 0 Å². The Kier molecular flexibility index (Phi) is 6.50. The van der Waals surface area contributed by atoms with E-state index in [-0.39, 0.29) is 11.5 Å². The number of rotatable bonds is 8. The van der Waals surface area contributed by atoms with Crippen molar-refractivity contribution >= 4 is 16.7 Å². The Morgan fingerprint density at radius 3 is 2.38 bits per heavy atom. The van der Waals surface area contributed by atoms with Crippen molar-refractivity contribution in [3.05, 3.63) is 94.2 Å². The zero-order valence-electron chi connectivity index (χ0n) is 18.5. The Labute approximate surface area is 187 Å². The molecule has 0 radical (unpaired) electrons. The van der Waals surface area contributed by atoms with Crippen molar-refractivity contribution in [3.8, 4) is 5.69 Å². The van der Waals surface area contributed by atoms with Crippen molar-refractivity contribution in [2.75, 3.05) is 6.54 Å². The molecular formula is C26H28N4O2. The van der Waals surface area contributed by atoms with Crippen LogP contribution >= 0.6 is 0 Å². The Morgan fingerprint density at radius 2 is 1.66 bits per heavy atom. The van der Waals surface area contributed by atoms with Gasteiger partial charge in [0.2, 0.25) is 5.91 Å². The number of benzene rings is 2. The fourth-order valence-electron chi connectivity index (χ4n) is 4.18. The lowest BCUT2D eigenvalue weighted by Gasteiger charge is -2.09. The maximum Gasteiger partial charge on any atom is 0.281 e. The summed E-state index contributed by atoms with van der Waals surface area (Å²) in [7, 11) is 0. The highest BCUT2D eigenvalue weighted by Gasteiger charge is 2.16. The first kappa shape index (κ1) is 21.6. The summed E-state index contributed by atoms with van der Waals surface area (Å²) in [6.07, 6.45) is 3.75. The number of amides is 1. The van der Waals surface area contributed by atoms with Crippen LogP contribution in [0.2, 0.25) is 0 Å². The molecule has 2 aromatic carbocycles. The van der Waals surface area contributed by atoms with Gasteiger partial charge in [-0.05, 0) is 44.4 Å². The van der Waals surface area contributed by atoms with Crippen molar-refractivity contribution in [3.63, 3.8) is 0 Å². The normalized spacial score (nSPS) is 11.1. The zero-order valence-corrected chi connectivity index (χ0v) is 18.5. The van der Waals surface area contributed by atoms with Gasteiger partial charge in [0.05, 0.1) is 17.3 Å². The molecular weight excluding hydrogens is 400 g/mol. The molecule has 0 saturated heterocycles. The van der Waals surface area contributed by atoms with Crippen LogP contribution in [-0.2, 0) is 17.8 Å². The molecule has 6 heteroatoms. The molecule has 0 fully saturated rings. The molecule has 4 rings (SSSR count). The Balaban J connectivity index is 1.41. The number of para-hydroxylation sites is 1. The highest BCUT2D eigenvalue weighted by Crippen LogP contribution is 2.23. The van der Waals surface area contributed by atoms with Gasteiger partial charge in [-0.15, -0.1) is 0 Å². The molecule has 1 amide bonds. The lowest BCUT2D eigenvalue weighted by Crippen LogP contribution is -2.25. The van der Waals surface area contributed by atoms with Crippen LogP contribution in [-0.4, -0.2) is 26.8 Å². The van der Waals surface area contributed by atoms with Gasteiger partial charge in [-0.2, -0.15) is 9.78 Å². The van der Waals surface area contributed by atoms with Crippen LogP contribution in [0.25, 0.3) is 16.5 Å². The maximum absolute atomic E-state index is 13.2. The monoisotopic (exact) mass is 428 g/mol. The average molecular weight is 429 g/mol. The predicted octanol–water partition coefficient (Wildman–Crippen LogP) is 3.94.